The fourth-order valence-electron chi connectivity index (χ4n) is 2.92. The Morgan fingerprint density at radius 1 is 1.20 bits per heavy atom. The van der Waals surface area contributed by atoms with Gasteiger partial charge in [-0.2, -0.15) is 0 Å². The summed E-state index contributed by atoms with van der Waals surface area (Å²) in [6.07, 6.45) is 5.93. The Bertz CT molecular complexity index is 237. The zero-order chi connectivity index (χ0) is 10.9. The van der Waals surface area contributed by atoms with Gasteiger partial charge in [-0.25, -0.2) is 4.79 Å². The highest BCUT2D eigenvalue weighted by Gasteiger charge is 2.38. The highest BCUT2D eigenvalue weighted by molar-refractivity contribution is 5.65. The summed E-state index contributed by atoms with van der Waals surface area (Å²) in [6, 6.07) is 0.383. The first-order chi connectivity index (χ1) is 7.11. The van der Waals surface area contributed by atoms with Gasteiger partial charge < -0.3 is 15.7 Å². The average molecular weight is 212 g/mol. The van der Waals surface area contributed by atoms with E-state index in [9.17, 15) is 4.79 Å². The van der Waals surface area contributed by atoms with Crippen LogP contribution in [0, 0.1) is 5.41 Å². The number of rotatable bonds is 0. The lowest BCUT2D eigenvalue weighted by Crippen LogP contribution is -2.45. The Kier molecular flexibility index (Phi) is 2.87. The van der Waals surface area contributed by atoms with Crippen LogP contribution in [-0.2, 0) is 0 Å². The Balaban J connectivity index is 1.89. The molecule has 15 heavy (non-hydrogen) atoms. The standard InChI is InChI=1S/C11H20N2O2/c12-9-1-3-11(4-2-9)5-7-13(8-6-11)10(14)15/h9H,1-8,12H2,(H,14,15). The Hall–Kier alpha value is -0.770. The summed E-state index contributed by atoms with van der Waals surface area (Å²) < 4.78 is 0. The number of piperidine rings is 1. The maximum atomic E-state index is 10.8. The number of nitrogens with two attached hydrogens (primary N) is 1. The largest absolute Gasteiger partial charge is 0.465 e. The molecule has 1 aliphatic heterocycles. The fourth-order valence-corrected chi connectivity index (χ4v) is 2.92. The van der Waals surface area contributed by atoms with Crippen molar-refractivity contribution in [3.05, 3.63) is 0 Å². The maximum absolute atomic E-state index is 10.8. The maximum Gasteiger partial charge on any atom is 0.407 e. The molecule has 1 saturated carbocycles. The molecule has 0 bridgehead atoms. The topological polar surface area (TPSA) is 66.6 Å². The van der Waals surface area contributed by atoms with Gasteiger partial charge in [-0.3, -0.25) is 0 Å². The third-order valence-corrected chi connectivity index (χ3v) is 4.19. The van der Waals surface area contributed by atoms with Crippen LogP contribution in [0.5, 0.6) is 0 Å². The predicted octanol–water partition coefficient (Wildman–Crippen LogP) is 1.65. The van der Waals surface area contributed by atoms with Gasteiger partial charge in [0.05, 0.1) is 0 Å². The molecule has 1 saturated heterocycles. The van der Waals surface area contributed by atoms with E-state index in [0.29, 0.717) is 24.5 Å². The molecular formula is C11H20N2O2. The van der Waals surface area contributed by atoms with E-state index in [1.54, 1.807) is 4.90 Å². The van der Waals surface area contributed by atoms with Crippen molar-refractivity contribution >= 4 is 6.09 Å². The second-order valence-electron chi connectivity index (χ2n) is 5.11. The van der Waals surface area contributed by atoms with E-state index in [2.05, 4.69) is 0 Å². The van der Waals surface area contributed by atoms with Crippen molar-refractivity contribution in [1.29, 1.82) is 0 Å². The second-order valence-corrected chi connectivity index (χ2v) is 5.11. The van der Waals surface area contributed by atoms with E-state index in [-0.39, 0.29) is 0 Å². The molecule has 3 N–H and O–H groups in total. The summed E-state index contributed by atoms with van der Waals surface area (Å²) in [6.45, 7) is 1.43. The number of hydrogen-bond acceptors (Lipinski definition) is 2. The molecule has 0 aromatic rings. The molecular weight excluding hydrogens is 192 g/mol. The molecule has 4 heteroatoms. The van der Waals surface area contributed by atoms with Crippen molar-refractivity contribution in [2.45, 2.75) is 44.6 Å². The minimum absolute atomic E-state index is 0.383. The van der Waals surface area contributed by atoms with E-state index >= 15 is 0 Å². The van der Waals surface area contributed by atoms with Gasteiger partial charge in [0.1, 0.15) is 0 Å². The molecule has 2 fully saturated rings. The second kappa shape index (κ2) is 4.00. The SMILES string of the molecule is NC1CCC2(CC1)CCN(C(=O)O)CC2. The van der Waals surface area contributed by atoms with E-state index in [1.165, 1.54) is 12.8 Å². The monoisotopic (exact) mass is 212 g/mol. The number of hydrogen-bond donors (Lipinski definition) is 2. The Morgan fingerprint density at radius 3 is 2.20 bits per heavy atom. The van der Waals surface area contributed by atoms with Gasteiger partial charge in [-0.05, 0) is 43.9 Å². The van der Waals surface area contributed by atoms with Gasteiger partial charge in [-0.15, -0.1) is 0 Å². The third-order valence-electron chi connectivity index (χ3n) is 4.19. The zero-order valence-electron chi connectivity index (χ0n) is 9.11. The number of nitrogens with zero attached hydrogens (tertiary/aromatic N) is 1. The highest BCUT2D eigenvalue weighted by Crippen LogP contribution is 2.44. The lowest BCUT2D eigenvalue weighted by atomic mass is 9.67. The van der Waals surface area contributed by atoms with Gasteiger partial charge in [-0.1, -0.05) is 0 Å². The minimum Gasteiger partial charge on any atom is -0.465 e. The predicted molar refractivity (Wildman–Crippen MR) is 57.7 cm³/mol. The van der Waals surface area contributed by atoms with Gasteiger partial charge >= 0.3 is 6.09 Å². The molecule has 1 amide bonds. The van der Waals surface area contributed by atoms with Gasteiger partial charge in [0.25, 0.3) is 0 Å². The minimum atomic E-state index is -0.766. The first-order valence-electron chi connectivity index (χ1n) is 5.85. The molecule has 2 aliphatic rings. The Morgan fingerprint density at radius 2 is 1.73 bits per heavy atom. The Labute approximate surface area is 90.4 Å². The zero-order valence-corrected chi connectivity index (χ0v) is 9.11. The first kappa shape index (κ1) is 10.7. The summed E-state index contributed by atoms with van der Waals surface area (Å²) in [5, 5.41) is 8.87. The van der Waals surface area contributed by atoms with Crippen LogP contribution in [0.3, 0.4) is 0 Å². The van der Waals surface area contributed by atoms with Crippen LogP contribution in [0.4, 0.5) is 4.79 Å². The molecule has 0 aromatic heterocycles. The number of carboxylic acid groups (broad SMARTS) is 1. The average Bonchev–Trinajstić information content (AvgIpc) is 2.24. The molecule has 86 valence electrons. The lowest BCUT2D eigenvalue weighted by molar-refractivity contribution is 0.0605. The highest BCUT2D eigenvalue weighted by atomic mass is 16.4. The van der Waals surface area contributed by atoms with E-state index in [0.717, 1.165) is 25.7 Å². The van der Waals surface area contributed by atoms with E-state index in [4.69, 9.17) is 10.8 Å². The van der Waals surface area contributed by atoms with Crippen LogP contribution in [-0.4, -0.2) is 35.2 Å². The smallest absolute Gasteiger partial charge is 0.407 e. The van der Waals surface area contributed by atoms with E-state index in [1.807, 2.05) is 0 Å². The molecule has 0 unspecified atom stereocenters. The van der Waals surface area contributed by atoms with Crippen molar-refractivity contribution in [3.8, 4) is 0 Å². The van der Waals surface area contributed by atoms with Gasteiger partial charge in [0, 0.05) is 19.1 Å². The van der Waals surface area contributed by atoms with Gasteiger partial charge in [0.15, 0.2) is 0 Å². The molecule has 1 aliphatic carbocycles. The van der Waals surface area contributed by atoms with Crippen molar-refractivity contribution in [3.63, 3.8) is 0 Å². The molecule has 4 nitrogen and oxygen atoms in total. The number of amides is 1. The molecule has 2 rings (SSSR count). The molecule has 1 heterocycles. The molecule has 0 aromatic carbocycles. The third kappa shape index (κ3) is 2.25. The molecule has 0 atom stereocenters. The summed E-state index contributed by atoms with van der Waals surface area (Å²) in [5.74, 6) is 0. The first-order valence-corrected chi connectivity index (χ1v) is 5.85. The van der Waals surface area contributed by atoms with E-state index < -0.39 is 6.09 Å². The summed E-state index contributed by atoms with van der Waals surface area (Å²) in [7, 11) is 0. The van der Waals surface area contributed by atoms with Crippen LogP contribution in [0.2, 0.25) is 0 Å². The van der Waals surface area contributed by atoms with Crippen molar-refractivity contribution in [1.82, 2.24) is 4.90 Å². The fraction of sp³-hybridized carbons (Fsp3) is 0.909. The quantitative estimate of drug-likeness (QED) is 0.641. The van der Waals surface area contributed by atoms with Crippen LogP contribution < -0.4 is 5.73 Å². The normalized spacial score (nSPS) is 26.9. The molecule has 0 radical (unpaired) electrons. The van der Waals surface area contributed by atoms with Crippen molar-refractivity contribution in [2.75, 3.05) is 13.1 Å². The number of carbonyl (C=O) groups is 1. The van der Waals surface area contributed by atoms with Crippen LogP contribution in [0.1, 0.15) is 38.5 Å². The van der Waals surface area contributed by atoms with Crippen LogP contribution in [0.15, 0.2) is 0 Å². The lowest BCUT2D eigenvalue weighted by Gasteiger charge is -2.44. The number of likely N-dealkylation sites (tertiary alicyclic amines) is 1. The summed E-state index contributed by atoms with van der Waals surface area (Å²) in [4.78, 5) is 12.3. The van der Waals surface area contributed by atoms with Crippen molar-refractivity contribution < 1.29 is 9.90 Å². The summed E-state index contributed by atoms with van der Waals surface area (Å²) in [5.41, 5.74) is 6.31. The van der Waals surface area contributed by atoms with Crippen LogP contribution >= 0.6 is 0 Å². The molecule has 1 spiro atoms. The van der Waals surface area contributed by atoms with Crippen molar-refractivity contribution in [2.24, 2.45) is 11.1 Å². The van der Waals surface area contributed by atoms with Crippen LogP contribution in [0.25, 0.3) is 0 Å². The summed E-state index contributed by atoms with van der Waals surface area (Å²) >= 11 is 0. The van der Waals surface area contributed by atoms with Gasteiger partial charge in [0.2, 0.25) is 0 Å².